The Morgan fingerprint density at radius 3 is 3.29 bits per heavy atom. The monoisotopic (exact) mass is 232 g/mol. The van der Waals surface area contributed by atoms with Crippen molar-refractivity contribution < 1.29 is 0 Å². The number of nitrogens with zero attached hydrogens (tertiary/aromatic N) is 3. The van der Waals surface area contributed by atoms with E-state index in [1.807, 2.05) is 18.5 Å². The van der Waals surface area contributed by atoms with Gasteiger partial charge in [0.05, 0.1) is 0 Å². The SMILES string of the molecule is C=CCn1ccnc1NC1CCN2CCCC12. The Labute approximate surface area is 102 Å². The average molecular weight is 232 g/mol. The number of fused-ring (bicyclic) bond motifs is 1. The van der Waals surface area contributed by atoms with Crippen molar-refractivity contribution in [3.63, 3.8) is 0 Å². The van der Waals surface area contributed by atoms with Crippen molar-refractivity contribution in [2.24, 2.45) is 0 Å². The van der Waals surface area contributed by atoms with Crippen LogP contribution in [-0.2, 0) is 6.54 Å². The summed E-state index contributed by atoms with van der Waals surface area (Å²) in [5.41, 5.74) is 0. The van der Waals surface area contributed by atoms with Crippen LogP contribution in [0.2, 0.25) is 0 Å². The van der Waals surface area contributed by atoms with Gasteiger partial charge in [-0.3, -0.25) is 4.90 Å². The third-order valence-corrected chi connectivity index (χ3v) is 3.96. The first kappa shape index (κ1) is 10.8. The summed E-state index contributed by atoms with van der Waals surface area (Å²) in [6.07, 6.45) is 9.69. The summed E-state index contributed by atoms with van der Waals surface area (Å²) in [5, 5.41) is 3.61. The zero-order valence-electron chi connectivity index (χ0n) is 10.2. The molecule has 0 bridgehead atoms. The van der Waals surface area contributed by atoms with Gasteiger partial charge in [0.2, 0.25) is 5.95 Å². The molecule has 92 valence electrons. The fraction of sp³-hybridized carbons (Fsp3) is 0.615. The molecule has 0 spiro atoms. The minimum absolute atomic E-state index is 0.573. The van der Waals surface area contributed by atoms with Crippen molar-refractivity contribution in [1.82, 2.24) is 14.5 Å². The largest absolute Gasteiger partial charge is 0.351 e. The summed E-state index contributed by atoms with van der Waals surface area (Å²) in [5.74, 6) is 0.989. The standard InChI is InChI=1S/C13H20N4/c1-2-7-17-10-6-14-13(17)15-11-5-9-16-8-3-4-12(11)16/h2,6,10-12H,1,3-5,7-9H2,(H,14,15). The number of aromatic nitrogens is 2. The van der Waals surface area contributed by atoms with E-state index in [2.05, 4.69) is 26.3 Å². The quantitative estimate of drug-likeness (QED) is 0.802. The summed E-state index contributed by atoms with van der Waals surface area (Å²) in [7, 11) is 0. The second kappa shape index (κ2) is 4.53. The molecule has 4 heteroatoms. The molecule has 3 rings (SSSR count). The molecule has 2 aliphatic rings. The van der Waals surface area contributed by atoms with E-state index in [1.54, 1.807) is 0 Å². The molecule has 3 heterocycles. The molecule has 1 aromatic heterocycles. The van der Waals surface area contributed by atoms with Gasteiger partial charge in [-0.1, -0.05) is 6.08 Å². The van der Waals surface area contributed by atoms with Crippen LogP contribution in [0.3, 0.4) is 0 Å². The Kier molecular flexibility index (Phi) is 2.89. The molecule has 0 saturated carbocycles. The summed E-state index contributed by atoms with van der Waals surface area (Å²) in [4.78, 5) is 7.01. The van der Waals surface area contributed by atoms with E-state index >= 15 is 0 Å². The molecule has 0 amide bonds. The van der Waals surface area contributed by atoms with Crippen molar-refractivity contribution in [1.29, 1.82) is 0 Å². The molecule has 2 saturated heterocycles. The van der Waals surface area contributed by atoms with Gasteiger partial charge in [0, 0.05) is 37.6 Å². The number of anilines is 1. The van der Waals surface area contributed by atoms with Crippen LogP contribution < -0.4 is 5.32 Å². The zero-order valence-corrected chi connectivity index (χ0v) is 10.2. The third-order valence-electron chi connectivity index (χ3n) is 3.96. The summed E-state index contributed by atoms with van der Waals surface area (Å²) in [6, 6.07) is 1.30. The Morgan fingerprint density at radius 1 is 1.47 bits per heavy atom. The van der Waals surface area contributed by atoms with Crippen LogP contribution in [0.15, 0.2) is 25.0 Å². The highest BCUT2D eigenvalue weighted by Crippen LogP contribution is 2.29. The lowest BCUT2D eigenvalue weighted by Crippen LogP contribution is -2.34. The predicted molar refractivity (Wildman–Crippen MR) is 69.0 cm³/mol. The number of imidazole rings is 1. The Bertz CT molecular complexity index is 398. The maximum atomic E-state index is 4.40. The molecule has 4 nitrogen and oxygen atoms in total. The van der Waals surface area contributed by atoms with Gasteiger partial charge in [0.15, 0.2) is 0 Å². The van der Waals surface area contributed by atoms with Crippen LogP contribution in [0.4, 0.5) is 5.95 Å². The normalized spacial score (nSPS) is 28.2. The highest BCUT2D eigenvalue weighted by molar-refractivity contribution is 5.30. The van der Waals surface area contributed by atoms with Gasteiger partial charge in [-0.25, -0.2) is 4.98 Å². The summed E-state index contributed by atoms with van der Waals surface area (Å²) < 4.78 is 2.12. The first-order chi connectivity index (χ1) is 8.38. The number of hydrogen-bond donors (Lipinski definition) is 1. The maximum Gasteiger partial charge on any atom is 0.203 e. The molecule has 0 aromatic carbocycles. The fourth-order valence-electron chi connectivity index (χ4n) is 3.15. The van der Waals surface area contributed by atoms with Gasteiger partial charge >= 0.3 is 0 Å². The van der Waals surface area contributed by atoms with E-state index in [1.165, 1.54) is 32.4 Å². The van der Waals surface area contributed by atoms with Gasteiger partial charge < -0.3 is 9.88 Å². The number of hydrogen-bond acceptors (Lipinski definition) is 3. The minimum Gasteiger partial charge on any atom is -0.351 e. The minimum atomic E-state index is 0.573. The Hall–Kier alpha value is -1.29. The fourth-order valence-corrected chi connectivity index (χ4v) is 3.15. The van der Waals surface area contributed by atoms with Crippen LogP contribution in [0, 0.1) is 0 Å². The molecular formula is C13H20N4. The lowest BCUT2D eigenvalue weighted by molar-refractivity contribution is 0.318. The van der Waals surface area contributed by atoms with Crippen LogP contribution in [0.5, 0.6) is 0 Å². The number of nitrogens with one attached hydrogen (secondary N) is 1. The smallest absolute Gasteiger partial charge is 0.203 e. The maximum absolute atomic E-state index is 4.40. The number of rotatable bonds is 4. The van der Waals surface area contributed by atoms with Gasteiger partial charge in [0.25, 0.3) is 0 Å². The first-order valence-electron chi connectivity index (χ1n) is 6.51. The highest BCUT2D eigenvalue weighted by atomic mass is 15.3. The second-order valence-corrected chi connectivity index (χ2v) is 4.98. The van der Waals surface area contributed by atoms with Crippen molar-refractivity contribution in [2.45, 2.75) is 37.9 Å². The topological polar surface area (TPSA) is 33.1 Å². The lowest BCUT2D eigenvalue weighted by Gasteiger charge is -2.22. The van der Waals surface area contributed by atoms with Gasteiger partial charge in [-0.15, -0.1) is 6.58 Å². The van der Waals surface area contributed by atoms with Crippen LogP contribution in [-0.4, -0.2) is 39.6 Å². The van der Waals surface area contributed by atoms with E-state index < -0.39 is 0 Å². The van der Waals surface area contributed by atoms with Crippen molar-refractivity contribution in [3.8, 4) is 0 Å². The zero-order chi connectivity index (χ0) is 11.7. The number of allylic oxidation sites excluding steroid dienone is 1. The molecule has 1 N–H and O–H groups in total. The molecule has 17 heavy (non-hydrogen) atoms. The molecule has 0 radical (unpaired) electrons. The Balaban J connectivity index is 1.70. The van der Waals surface area contributed by atoms with E-state index in [9.17, 15) is 0 Å². The predicted octanol–water partition coefficient (Wildman–Crippen LogP) is 1.72. The van der Waals surface area contributed by atoms with E-state index in [4.69, 9.17) is 0 Å². The lowest BCUT2D eigenvalue weighted by atomic mass is 10.1. The van der Waals surface area contributed by atoms with Crippen molar-refractivity contribution in [3.05, 3.63) is 25.0 Å². The molecule has 1 aromatic rings. The molecule has 2 aliphatic heterocycles. The summed E-state index contributed by atoms with van der Waals surface area (Å²) >= 11 is 0. The van der Waals surface area contributed by atoms with Gasteiger partial charge in [0.1, 0.15) is 0 Å². The van der Waals surface area contributed by atoms with Crippen molar-refractivity contribution >= 4 is 5.95 Å². The van der Waals surface area contributed by atoms with Crippen LogP contribution in [0.25, 0.3) is 0 Å². The molecule has 2 unspecified atom stereocenters. The van der Waals surface area contributed by atoms with Gasteiger partial charge in [-0.2, -0.15) is 0 Å². The molecule has 2 atom stereocenters. The van der Waals surface area contributed by atoms with Crippen LogP contribution in [0.1, 0.15) is 19.3 Å². The summed E-state index contributed by atoms with van der Waals surface area (Å²) in [6.45, 7) is 7.12. The second-order valence-electron chi connectivity index (χ2n) is 4.98. The van der Waals surface area contributed by atoms with E-state index in [0.29, 0.717) is 6.04 Å². The molecular weight excluding hydrogens is 212 g/mol. The average Bonchev–Trinajstić information content (AvgIpc) is 2.99. The first-order valence-corrected chi connectivity index (χ1v) is 6.51. The van der Waals surface area contributed by atoms with Crippen molar-refractivity contribution in [2.75, 3.05) is 18.4 Å². The molecule has 2 fully saturated rings. The molecule has 0 aliphatic carbocycles. The van der Waals surface area contributed by atoms with E-state index in [0.717, 1.165) is 18.5 Å². The Morgan fingerprint density at radius 2 is 2.41 bits per heavy atom. The van der Waals surface area contributed by atoms with Gasteiger partial charge in [-0.05, 0) is 25.8 Å². The third kappa shape index (κ3) is 1.97. The van der Waals surface area contributed by atoms with E-state index in [-0.39, 0.29) is 0 Å². The van der Waals surface area contributed by atoms with Crippen LogP contribution >= 0.6 is 0 Å². The highest BCUT2D eigenvalue weighted by Gasteiger charge is 2.37.